The third kappa shape index (κ3) is 22.7. The third-order valence-electron chi connectivity index (χ3n) is 2.15. The molecule has 0 saturated carbocycles. The highest BCUT2D eigenvalue weighted by molar-refractivity contribution is 5.83. The number of aliphatic carboxylic acids is 3. The van der Waals surface area contributed by atoms with E-state index in [0.29, 0.717) is 0 Å². The van der Waals surface area contributed by atoms with E-state index in [4.69, 9.17) is 35.4 Å². The second-order valence-electron chi connectivity index (χ2n) is 4.98. The minimum Gasteiger partial charge on any atom is -0.480 e. The van der Waals surface area contributed by atoms with E-state index in [-0.39, 0.29) is 1.43 Å². The topological polar surface area (TPSA) is 251 Å². The smallest absolute Gasteiger partial charge is 0.480 e. The maximum Gasteiger partial charge on any atom is 1.00 e. The zero-order valence-electron chi connectivity index (χ0n) is 17.2. The Morgan fingerprint density at radius 1 is 0.767 bits per heavy atom. The van der Waals surface area contributed by atoms with Crippen LogP contribution in [0.25, 0.3) is 0 Å². The lowest BCUT2D eigenvalue weighted by molar-refractivity contribution is -0.175. The minimum atomic E-state index is -1.39. The molecule has 0 heterocycles. The highest BCUT2D eigenvalue weighted by Gasteiger charge is 2.22. The van der Waals surface area contributed by atoms with Crippen LogP contribution in [-0.4, -0.2) is 105 Å². The Labute approximate surface area is 170 Å². The monoisotopic (exact) mass is 445 g/mol. The van der Waals surface area contributed by atoms with Crippen LogP contribution >= 0.6 is 0 Å². The normalized spacial score (nSPS) is 12.2. The summed E-state index contributed by atoms with van der Waals surface area (Å²) in [7, 11) is 0. The fourth-order valence-corrected chi connectivity index (χ4v) is 0.752. The van der Waals surface area contributed by atoms with Crippen LogP contribution in [0.5, 0.6) is 0 Å². The van der Waals surface area contributed by atoms with Gasteiger partial charge < -0.3 is 44.8 Å². The molecule has 0 aromatic rings. The molecule has 0 aromatic carbocycles. The molecule has 0 spiro atoms. The van der Waals surface area contributed by atoms with Gasteiger partial charge in [-0.3, -0.25) is 0 Å². The number of carboxylic acids is 3. The molecule has 174 valence electrons. The van der Waals surface area contributed by atoms with Crippen LogP contribution in [0, 0.1) is 0 Å². The second kappa shape index (κ2) is 17.8. The van der Waals surface area contributed by atoms with Gasteiger partial charge >= 0.3 is 37.2 Å². The molecule has 0 rings (SSSR count). The molecule has 0 aliphatic heterocycles. The molecule has 0 fully saturated rings. The number of esters is 3. The first kappa shape index (κ1) is 31.4. The molecule has 0 saturated heterocycles. The van der Waals surface area contributed by atoms with Crippen molar-refractivity contribution in [2.45, 2.75) is 39.1 Å². The molecule has 30 heavy (non-hydrogen) atoms. The summed E-state index contributed by atoms with van der Waals surface area (Å²) < 4.78 is 13.1. The van der Waals surface area contributed by atoms with Gasteiger partial charge in [0.2, 0.25) is 0 Å². The van der Waals surface area contributed by atoms with Crippen molar-refractivity contribution >= 4 is 35.8 Å². The van der Waals surface area contributed by atoms with Gasteiger partial charge in [0.1, 0.15) is 18.8 Å². The Morgan fingerprint density at radius 3 is 1.50 bits per heavy atom. The molecule has 3 atom stereocenters. The van der Waals surface area contributed by atoms with E-state index in [0.717, 1.165) is 6.92 Å². The van der Waals surface area contributed by atoms with E-state index in [2.05, 4.69) is 14.2 Å². The molecule has 0 aliphatic carbocycles. The largest absolute Gasteiger partial charge is 1.00 e. The summed E-state index contributed by atoms with van der Waals surface area (Å²) in [6.45, 7) is 1.11. The van der Waals surface area contributed by atoms with Crippen LogP contribution in [0.15, 0.2) is 0 Å². The van der Waals surface area contributed by atoms with Crippen molar-refractivity contribution in [3.05, 3.63) is 0 Å². The van der Waals surface area contributed by atoms with Crippen LogP contribution in [0.1, 0.15) is 22.2 Å². The third-order valence-corrected chi connectivity index (χ3v) is 2.15. The average Bonchev–Trinajstić information content (AvgIpc) is 2.64. The van der Waals surface area contributed by atoms with Gasteiger partial charge in [0.15, 0.2) is 19.3 Å². The van der Waals surface area contributed by atoms with E-state index in [1.807, 2.05) is 0 Å². The van der Waals surface area contributed by atoms with Crippen molar-refractivity contribution in [1.29, 1.82) is 0 Å². The van der Waals surface area contributed by atoms with Crippen molar-refractivity contribution in [3.63, 3.8) is 0 Å². The van der Waals surface area contributed by atoms with Crippen LogP contribution in [-0.2, 0) is 43.0 Å². The fourth-order valence-electron chi connectivity index (χ4n) is 0.752. The maximum absolute atomic E-state index is 11.2. The molecular formula is C15H25O15+. The molecule has 0 radical (unpaired) electrons. The number of aliphatic hydroxyl groups is 3. The van der Waals surface area contributed by atoms with Crippen LogP contribution in [0.4, 0.5) is 0 Å². The van der Waals surface area contributed by atoms with Crippen LogP contribution in [0.3, 0.4) is 0 Å². The quantitative estimate of drug-likeness (QED) is 0.154. The Kier molecular flexibility index (Phi) is 18.6. The number of aliphatic hydroxyl groups excluding tert-OH is 3. The first-order valence-electron chi connectivity index (χ1n) is 7.81. The zero-order valence-corrected chi connectivity index (χ0v) is 16.2. The van der Waals surface area contributed by atoms with Crippen molar-refractivity contribution in [2.75, 3.05) is 19.8 Å². The summed E-state index contributed by atoms with van der Waals surface area (Å²) in [5.74, 6) is -6.82. The second-order valence-corrected chi connectivity index (χ2v) is 4.98. The molecule has 0 amide bonds. The summed E-state index contributed by atoms with van der Waals surface area (Å²) in [4.78, 5) is 61.7. The number of carbonyl (C=O) groups excluding carboxylic acids is 3. The number of hydrogen-bond acceptors (Lipinski definition) is 12. The average molecular weight is 445 g/mol. The molecule has 15 nitrogen and oxygen atoms in total. The molecular weight excluding hydrogens is 420 g/mol. The number of ether oxygens (including phenoxy) is 3. The van der Waals surface area contributed by atoms with E-state index >= 15 is 0 Å². The van der Waals surface area contributed by atoms with Crippen LogP contribution in [0.2, 0.25) is 0 Å². The molecule has 6 N–H and O–H groups in total. The minimum absolute atomic E-state index is 0. The van der Waals surface area contributed by atoms with Crippen LogP contribution < -0.4 is 0 Å². The SMILES string of the molecule is CC(O)C(=O)O.CC(O)C(=O)OC(C)C(=O)OCC(=O)OCC(=O)O.O=C(O)CO.[H+]. The summed E-state index contributed by atoms with van der Waals surface area (Å²) in [6.07, 6.45) is -3.94. The van der Waals surface area contributed by atoms with Gasteiger partial charge in [0.05, 0.1) is 0 Å². The molecule has 3 unspecified atom stereocenters. The first-order valence-corrected chi connectivity index (χ1v) is 7.81. The lowest BCUT2D eigenvalue weighted by Crippen LogP contribution is -2.32. The Hall–Kier alpha value is -3.30. The number of carbonyl (C=O) groups is 6. The Morgan fingerprint density at radius 2 is 1.20 bits per heavy atom. The first-order chi connectivity index (χ1) is 13.6. The lowest BCUT2D eigenvalue weighted by Gasteiger charge is -2.13. The van der Waals surface area contributed by atoms with Gasteiger partial charge in [0.25, 0.3) is 0 Å². The van der Waals surface area contributed by atoms with Crippen molar-refractivity contribution in [1.82, 2.24) is 0 Å². The number of hydrogen-bond donors (Lipinski definition) is 6. The Balaban J connectivity index is -0.000000250. The van der Waals surface area contributed by atoms with Crippen molar-refractivity contribution in [3.8, 4) is 0 Å². The van der Waals surface area contributed by atoms with E-state index < -0.39 is 73.9 Å². The number of rotatable bonds is 9. The molecule has 0 aromatic heterocycles. The summed E-state index contributed by atoms with van der Waals surface area (Å²) in [5, 5.41) is 47.8. The standard InChI is InChI=1S/C10H14O9.C3H6O3.C2H4O3/c1-5(11)9(15)19-6(2)10(16)18-4-8(14)17-3-7(12)13;1-2(4)3(5)6;3-1-2(4)5/h5-6,11H,3-4H2,1-2H3,(H,12,13);2,4H,1H3,(H,5,6);3H,1H2,(H,4,5)/p+1. The maximum atomic E-state index is 11.2. The molecule has 0 bridgehead atoms. The fraction of sp³-hybridized carbons (Fsp3) is 0.600. The predicted octanol–water partition coefficient (Wildman–Crippen LogP) is -2.90. The molecule has 15 heteroatoms. The lowest BCUT2D eigenvalue weighted by atomic mass is 10.4. The van der Waals surface area contributed by atoms with Gasteiger partial charge in [0, 0.05) is 0 Å². The molecule has 0 aliphatic rings. The van der Waals surface area contributed by atoms with Gasteiger partial charge in [-0.15, -0.1) is 0 Å². The zero-order chi connectivity index (χ0) is 24.4. The summed E-state index contributed by atoms with van der Waals surface area (Å²) >= 11 is 0. The van der Waals surface area contributed by atoms with Gasteiger partial charge in [-0.05, 0) is 20.8 Å². The predicted molar refractivity (Wildman–Crippen MR) is 91.9 cm³/mol. The van der Waals surface area contributed by atoms with Crippen molar-refractivity contribution in [2.24, 2.45) is 0 Å². The highest BCUT2D eigenvalue weighted by atomic mass is 16.6. The van der Waals surface area contributed by atoms with E-state index in [1.165, 1.54) is 13.8 Å². The van der Waals surface area contributed by atoms with Gasteiger partial charge in [-0.25, -0.2) is 28.8 Å². The summed E-state index contributed by atoms with van der Waals surface area (Å²) in [6, 6.07) is 0. The van der Waals surface area contributed by atoms with E-state index in [1.54, 1.807) is 0 Å². The van der Waals surface area contributed by atoms with Gasteiger partial charge in [-0.2, -0.15) is 0 Å². The highest BCUT2D eigenvalue weighted by Crippen LogP contribution is 1.98. The van der Waals surface area contributed by atoms with Crippen molar-refractivity contribution < 1.29 is 75.0 Å². The summed E-state index contributed by atoms with van der Waals surface area (Å²) in [5.41, 5.74) is 0. The Bertz CT molecular complexity index is 587. The van der Waals surface area contributed by atoms with E-state index in [9.17, 15) is 24.0 Å². The number of carboxylic acid groups (broad SMARTS) is 3. The van der Waals surface area contributed by atoms with Gasteiger partial charge in [-0.1, -0.05) is 0 Å².